The van der Waals surface area contributed by atoms with E-state index in [1.165, 1.54) is 24.3 Å². The number of esters is 1. The summed E-state index contributed by atoms with van der Waals surface area (Å²) >= 11 is 0. The summed E-state index contributed by atoms with van der Waals surface area (Å²) in [7, 11) is 0. The average molecular weight is 373 g/mol. The average Bonchev–Trinajstić information content (AvgIpc) is 2.66. The molecule has 0 heterocycles. The molecule has 0 saturated heterocycles. The van der Waals surface area contributed by atoms with E-state index in [0.29, 0.717) is 24.3 Å². The highest BCUT2D eigenvalue weighted by Crippen LogP contribution is 2.23. The SMILES string of the molecule is CCCOC(=O)c1ccc(NC(=O)c2cc([N+](=O)[O-])cc([N+](=O)[O-])c2)cc1. The Hall–Kier alpha value is -3.82. The number of hydrogen-bond donors (Lipinski definition) is 1. The number of non-ortho nitro benzene ring substituents is 2. The third kappa shape index (κ3) is 5.08. The fourth-order valence-corrected chi connectivity index (χ4v) is 2.11. The van der Waals surface area contributed by atoms with Crippen LogP contribution in [0.2, 0.25) is 0 Å². The van der Waals surface area contributed by atoms with Crippen molar-refractivity contribution in [3.05, 3.63) is 73.8 Å². The van der Waals surface area contributed by atoms with Crippen molar-refractivity contribution in [3.8, 4) is 0 Å². The first-order valence-electron chi connectivity index (χ1n) is 7.84. The predicted molar refractivity (Wildman–Crippen MR) is 94.7 cm³/mol. The Bertz CT molecular complexity index is 862. The molecule has 0 aliphatic heterocycles. The first kappa shape index (κ1) is 19.5. The Labute approximate surface area is 153 Å². The summed E-state index contributed by atoms with van der Waals surface area (Å²) in [6.07, 6.45) is 0.690. The number of carbonyl (C=O) groups excluding carboxylic acids is 2. The number of rotatable bonds is 7. The minimum Gasteiger partial charge on any atom is -0.462 e. The van der Waals surface area contributed by atoms with Crippen molar-refractivity contribution in [3.63, 3.8) is 0 Å². The Morgan fingerprint density at radius 3 is 2.00 bits per heavy atom. The van der Waals surface area contributed by atoms with Gasteiger partial charge in [0.15, 0.2) is 0 Å². The lowest BCUT2D eigenvalue weighted by molar-refractivity contribution is -0.394. The number of nitro benzene ring substituents is 2. The standard InChI is InChI=1S/C17H15N3O7/c1-2-7-27-17(22)11-3-5-13(6-4-11)18-16(21)12-8-14(19(23)24)10-15(9-12)20(25)26/h3-6,8-10H,2,7H2,1H3,(H,18,21). The van der Waals surface area contributed by atoms with Crippen molar-refractivity contribution in [2.45, 2.75) is 13.3 Å². The Morgan fingerprint density at radius 2 is 1.52 bits per heavy atom. The van der Waals surface area contributed by atoms with Crippen LogP contribution in [0.5, 0.6) is 0 Å². The molecular formula is C17H15N3O7. The van der Waals surface area contributed by atoms with Crippen LogP contribution in [-0.4, -0.2) is 28.3 Å². The number of nitrogens with zero attached hydrogens (tertiary/aromatic N) is 2. The van der Waals surface area contributed by atoms with Crippen LogP contribution in [0.3, 0.4) is 0 Å². The van der Waals surface area contributed by atoms with Crippen LogP contribution in [-0.2, 0) is 4.74 Å². The second kappa shape index (κ2) is 8.52. The van der Waals surface area contributed by atoms with Crippen molar-refractivity contribution in [2.75, 3.05) is 11.9 Å². The largest absolute Gasteiger partial charge is 0.462 e. The fourth-order valence-electron chi connectivity index (χ4n) is 2.11. The summed E-state index contributed by atoms with van der Waals surface area (Å²) in [6, 6.07) is 8.45. The summed E-state index contributed by atoms with van der Waals surface area (Å²) in [4.78, 5) is 44.1. The molecule has 2 aromatic carbocycles. The monoisotopic (exact) mass is 373 g/mol. The number of hydrogen-bond acceptors (Lipinski definition) is 7. The van der Waals surface area contributed by atoms with E-state index in [-0.39, 0.29) is 5.56 Å². The highest BCUT2D eigenvalue weighted by atomic mass is 16.6. The number of amides is 1. The summed E-state index contributed by atoms with van der Waals surface area (Å²) in [5, 5.41) is 24.2. The molecule has 0 atom stereocenters. The molecule has 0 spiro atoms. The molecule has 0 aliphatic carbocycles. The lowest BCUT2D eigenvalue weighted by Gasteiger charge is -2.07. The molecule has 140 valence electrons. The van der Waals surface area contributed by atoms with Crippen molar-refractivity contribution >= 4 is 28.9 Å². The van der Waals surface area contributed by atoms with Gasteiger partial charge in [-0.15, -0.1) is 0 Å². The van der Waals surface area contributed by atoms with Crippen LogP contribution in [0.25, 0.3) is 0 Å². The summed E-state index contributed by atoms with van der Waals surface area (Å²) in [5.74, 6) is -1.26. The smallest absolute Gasteiger partial charge is 0.338 e. The molecular weight excluding hydrogens is 358 g/mol. The van der Waals surface area contributed by atoms with Gasteiger partial charge in [-0.25, -0.2) is 4.79 Å². The summed E-state index contributed by atoms with van der Waals surface area (Å²) in [6.45, 7) is 2.16. The number of carbonyl (C=O) groups is 2. The Kier molecular flexibility index (Phi) is 6.15. The molecule has 27 heavy (non-hydrogen) atoms. The third-order valence-corrected chi connectivity index (χ3v) is 3.40. The third-order valence-electron chi connectivity index (χ3n) is 3.40. The molecule has 1 amide bonds. The number of nitro groups is 2. The highest BCUT2D eigenvalue weighted by molar-refractivity contribution is 6.05. The molecule has 2 aromatic rings. The molecule has 0 saturated carbocycles. The van der Waals surface area contributed by atoms with E-state index < -0.39 is 33.1 Å². The predicted octanol–water partition coefficient (Wildman–Crippen LogP) is 3.32. The molecule has 10 heteroatoms. The maximum absolute atomic E-state index is 12.3. The van der Waals surface area contributed by atoms with Crippen LogP contribution in [0, 0.1) is 20.2 Å². The van der Waals surface area contributed by atoms with Crippen molar-refractivity contribution in [1.29, 1.82) is 0 Å². The lowest BCUT2D eigenvalue weighted by Crippen LogP contribution is -2.13. The Balaban J connectivity index is 2.18. The molecule has 1 N–H and O–H groups in total. The van der Waals surface area contributed by atoms with Gasteiger partial charge in [0.05, 0.1) is 33.6 Å². The van der Waals surface area contributed by atoms with Crippen molar-refractivity contribution in [2.24, 2.45) is 0 Å². The van der Waals surface area contributed by atoms with Gasteiger partial charge in [0, 0.05) is 17.8 Å². The van der Waals surface area contributed by atoms with Crippen LogP contribution >= 0.6 is 0 Å². The highest BCUT2D eigenvalue weighted by Gasteiger charge is 2.20. The van der Waals surface area contributed by atoms with Gasteiger partial charge in [0.25, 0.3) is 17.3 Å². The summed E-state index contributed by atoms with van der Waals surface area (Å²) < 4.78 is 4.98. The van der Waals surface area contributed by atoms with E-state index in [0.717, 1.165) is 18.2 Å². The fraction of sp³-hybridized carbons (Fsp3) is 0.176. The zero-order chi connectivity index (χ0) is 20.0. The Morgan fingerprint density at radius 1 is 0.963 bits per heavy atom. The van der Waals surface area contributed by atoms with Gasteiger partial charge >= 0.3 is 5.97 Å². The molecule has 0 aliphatic rings. The van der Waals surface area contributed by atoms with E-state index in [9.17, 15) is 29.8 Å². The van der Waals surface area contributed by atoms with Crippen molar-refractivity contribution < 1.29 is 24.2 Å². The maximum Gasteiger partial charge on any atom is 0.338 e. The molecule has 0 radical (unpaired) electrons. The topological polar surface area (TPSA) is 142 Å². The van der Waals surface area contributed by atoms with Gasteiger partial charge in [-0.1, -0.05) is 6.92 Å². The molecule has 0 fully saturated rings. The lowest BCUT2D eigenvalue weighted by atomic mass is 10.1. The van der Waals surface area contributed by atoms with Gasteiger partial charge in [-0.05, 0) is 30.7 Å². The second-order valence-corrected chi connectivity index (χ2v) is 5.42. The minimum atomic E-state index is -0.819. The first-order chi connectivity index (χ1) is 12.8. The van der Waals surface area contributed by atoms with Gasteiger partial charge < -0.3 is 10.1 Å². The number of ether oxygens (including phenoxy) is 1. The first-order valence-corrected chi connectivity index (χ1v) is 7.84. The van der Waals surface area contributed by atoms with Gasteiger partial charge in [0.1, 0.15) is 0 Å². The van der Waals surface area contributed by atoms with Gasteiger partial charge in [0.2, 0.25) is 0 Å². The normalized spacial score (nSPS) is 10.1. The molecule has 0 bridgehead atoms. The zero-order valence-corrected chi connectivity index (χ0v) is 14.2. The van der Waals surface area contributed by atoms with Gasteiger partial charge in [-0.2, -0.15) is 0 Å². The van der Waals surface area contributed by atoms with Crippen molar-refractivity contribution in [1.82, 2.24) is 0 Å². The second-order valence-electron chi connectivity index (χ2n) is 5.42. The molecule has 0 aromatic heterocycles. The zero-order valence-electron chi connectivity index (χ0n) is 14.2. The van der Waals surface area contributed by atoms with E-state index in [1.54, 1.807) is 0 Å². The number of anilines is 1. The quantitative estimate of drug-likeness (QED) is 0.445. The van der Waals surface area contributed by atoms with Crippen LogP contribution in [0.4, 0.5) is 17.1 Å². The summed E-state index contributed by atoms with van der Waals surface area (Å²) in [5.41, 5.74) is -0.761. The number of nitrogens with one attached hydrogen (secondary N) is 1. The molecule has 10 nitrogen and oxygen atoms in total. The van der Waals surface area contributed by atoms with E-state index in [4.69, 9.17) is 4.74 Å². The van der Waals surface area contributed by atoms with Gasteiger partial charge in [-0.3, -0.25) is 25.0 Å². The minimum absolute atomic E-state index is 0.234. The van der Waals surface area contributed by atoms with Crippen LogP contribution < -0.4 is 5.32 Å². The maximum atomic E-state index is 12.3. The number of benzene rings is 2. The van der Waals surface area contributed by atoms with E-state index in [2.05, 4.69) is 5.32 Å². The molecule has 2 rings (SSSR count). The van der Waals surface area contributed by atoms with E-state index in [1.807, 2.05) is 6.92 Å². The van der Waals surface area contributed by atoms with Crippen LogP contribution in [0.15, 0.2) is 42.5 Å². The van der Waals surface area contributed by atoms with Crippen LogP contribution in [0.1, 0.15) is 34.1 Å². The van der Waals surface area contributed by atoms with E-state index >= 15 is 0 Å². The molecule has 0 unspecified atom stereocenters.